The van der Waals surface area contributed by atoms with Gasteiger partial charge >= 0.3 is 0 Å². The van der Waals surface area contributed by atoms with Crippen molar-refractivity contribution >= 4 is 23.6 Å². The molecule has 0 N–H and O–H groups in total. The molecule has 27 heavy (non-hydrogen) atoms. The summed E-state index contributed by atoms with van der Waals surface area (Å²) in [6.45, 7) is 1.88. The van der Waals surface area contributed by atoms with Crippen molar-refractivity contribution in [1.29, 1.82) is 0 Å². The number of aromatic nitrogens is 3. The van der Waals surface area contributed by atoms with Gasteiger partial charge in [-0.05, 0) is 37.3 Å². The molecule has 0 amide bonds. The molecule has 1 atom stereocenters. The first kappa shape index (κ1) is 17.4. The fourth-order valence-corrected chi connectivity index (χ4v) is 3.42. The maximum Gasteiger partial charge on any atom is 0.162 e. The summed E-state index contributed by atoms with van der Waals surface area (Å²) >= 11 is 6.06. The maximum atomic E-state index is 11.3. The maximum absolute atomic E-state index is 11.3. The Hall–Kier alpha value is -2.99. The molecule has 1 aliphatic heterocycles. The fourth-order valence-electron chi connectivity index (χ4n) is 3.29. The predicted octanol–water partition coefficient (Wildman–Crippen LogP) is 3.72. The van der Waals surface area contributed by atoms with Crippen LogP contribution in [0.1, 0.15) is 35.2 Å². The normalized spacial score (nSPS) is 15.4. The van der Waals surface area contributed by atoms with Crippen molar-refractivity contribution in [3.63, 3.8) is 0 Å². The van der Waals surface area contributed by atoms with Gasteiger partial charge in [-0.3, -0.25) is 9.56 Å². The van der Waals surface area contributed by atoms with Gasteiger partial charge in [-0.1, -0.05) is 23.7 Å². The number of aldehydes is 1. The predicted molar refractivity (Wildman–Crippen MR) is 103 cm³/mol. The Labute approximate surface area is 161 Å². The van der Waals surface area contributed by atoms with Gasteiger partial charge in [0.05, 0.1) is 18.5 Å². The third kappa shape index (κ3) is 3.02. The molecule has 1 aromatic heterocycles. The molecule has 0 fully saturated rings. The number of carbonyl (C=O) groups is 1. The zero-order chi connectivity index (χ0) is 19.0. The number of rotatable bonds is 4. The van der Waals surface area contributed by atoms with E-state index >= 15 is 0 Å². The first-order valence-electron chi connectivity index (χ1n) is 8.50. The van der Waals surface area contributed by atoms with Crippen LogP contribution in [0.4, 0.5) is 0 Å². The number of aliphatic imine (C=N–C) groups is 1. The molecule has 4 rings (SSSR count). The monoisotopic (exact) mass is 380 g/mol. The Kier molecular flexibility index (Phi) is 4.49. The lowest BCUT2D eigenvalue weighted by Crippen LogP contribution is -2.08. The molecule has 6 nitrogen and oxygen atoms in total. The number of benzene rings is 2. The second-order valence-corrected chi connectivity index (χ2v) is 6.66. The molecule has 3 aromatic rings. The van der Waals surface area contributed by atoms with Gasteiger partial charge in [-0.15, -0.1) is 10.2 Å². The fraction of sp³-hybridized carbons (Fsp3) is 0.200. The first-order valence-corrected chi connectivity index (χ1v) is 8.88. The third-order valence-electron chi connectivity index (χ3n) is 4.57. The van der Waals surface area contributed by atoms with Crippen LogP contribution in [-0.2, 0) is 4.79 Å². The third-order valence-corrected chi connectivity index (χ3v) is 4.82. The summed E-state index contributed by atoms with van der Waals surface area (Å²) in [6.07, 6.45) is 1.08. The summed E-state index contributed by atoms with van der Waals surface area (Å²) in [6, 6.07) is 12.9. The highest BCUT2D eigenvalue weighted by molar-refractivity contribution is 6.30. The molecule has 0 spiro atoms. The minimum atomic E-state index is -0.423. The lowest BCUT2D eigenvalue weighted by atomic mass is 10.00. The summed E-state index contributed by atoms with van der Waals surface area (Å²) < 4.78 is 7.38. The van der Waals surface area contributed by atoms with Crippen LogP contribution in [0.3, 0.4) is 0 Å². The van der Waals surface area contributed by atoms with Crippen LogP contribution in [0.25, 0.3) is 5.69 Å². The number of aryl methyl sites for hydroxylation is 1. The standard InChI is InChI=1S/C20H17ClN4O2/c1-12-23-24-20-17(9-10-26)22-19(13-3-5-14(21)6-4-13)16-11-15(27-2)7-8-18(16)25(12)20/h3-8,10-11,17H,9H2,1-2H3. The van der Waals surface area contributed by atoms with E-state index in [4.69, 9.17) is 21.3 Å². The van der Waals surface area contributed by atoms with Gasteiger partial charge in [0.1, 0.15) is 23.9 Å². The van der Waals surface area contributed by atoms with Crippen molar-refractivity contribution in [3.05, 3.63) is 70.3 Å². The lowest BCUT2D eigenvalue weighted by molar-refractivity contribution is -0.108. The number of halogens is 1. The Balaban J connectivity index is 2.03. The zero-order valence-electron chi connectivity index (χ0n) is 14.9. The number of ether oxygens (including phenoxy) is 1. The highest BCUT2D eigenvalue weighted by atomic mass is 35.5. The number of nitrogens with zero attached hydrogens (tertiary/aromatic N) is 4. The first-order chi connectivity index (χ1) is 13.1. The van der Waals surface area contributed by atoms with E-state index in [2.05, 4.69) is 10.2 Å². The van der Waals surface area contributed by atoms with E-state index in [1.807, 2.05) is 54.0 Å². The quantitative estimate of drug-likeness (QED) is 0.647. The van der Waals surface area contributed by atoms with E-state index in [9.17, 15) is 4.79 Å². The Morgan fingerprint density at radius 2 is 1.96 bits per heavy atom. The Morgan fingerprint density at radius 3 is 2.67 bits per heavy atom. The van der Waals surface area contributed by atoms with Crippen LogP contribution in [0, 0.1) is 6.92 Å². The largest absolute Gasteiger partial charge is 0.497 e. The number of methoxy groups -OCH3 is 1. The highest BCUT2D eigenvalue weighted by Gasteiger charge is 2.28. The minimum Gasteiger partial charge on any atom is -0.497 e. The van der Waals surface area contributed by atoms with Crippen LogP contribution >= 0.6 is 11.6 Å². The molecule has 0 saturated heterocycles. The average molecular weight is 381 g/mol. The number of carbonyl (C=O) groups excluding carboxylic acids is 1. The number of fused-ring (bicyclic) bond motifs is 3. The van der Waals surface area contributed by atoms with Crippen LogP contribution in [0.5, 0.6) is 5.75 Å². The average Bonchev–Trinajstić information content (AvgIpc) is 3.00. The molecule has 0 saturated carbocycles. The van der Waals surface area contributed by atoms with Gasteiger partial charge in [0, 0.05) is 22.6 Å². The van der Waals surface area contributed by atoms with Gasteiger partial charge in [-0.2, -0.15) is 0 Å². The topological polar surface area (TPSA) is 69.4 Å². The summed E-state index contributed by atoms with van der Waals surface area (Å²) in [5.74, 6) is 2.10. The molecule has 1 unspecified atom stereocenters. The van der Waals surface area contributed by atoms with E-state index in [1.54, 1.807) is 7.11 Å². The van der Waals surface area contributed by atoms with E-state index in [0.717, 1.165) is 40.4 Å². The van der Waals surface area contributed by atoms with E-state index in [0.29, 0.717) is 10.8 Å². The number of hydrogen-bond acceptors (Lipinski definition) is 5. The molecule has 1 aliphatic rings. The molecule has 0 radical (unpaired) electrons. The molecule has 7 heteroatoms. The van der Waals surface area contributed by atoms with Crippen LogP contribution in [0.2, 0.25) is 5.02 Å². The van der Waals surface area contributed by atoms with Crippen molar-refractivity contribution in [2.75, 3.05) is 7.11 Å². The van der Waals surface area contributed by atoms with E-state index in [-0.39, 0.29) is 6.42 Å². The second-order valence-electron chi connectivity index (χ2n) is 6.23. The van der Waals surface area contributed by atoms with Crippen molar-refractivity contribution < 1.29 is 9.53 Å². The van der Waals surface area contributed by atoms with Crippen molar-refractivity contribution in [2.24, 2.45) is 4.99 Å². The van der Waals surface area contributed by atoms with Crippen molar-refractivity contribution in [3.8, 4) is 11.4 Å². The van der Waals surface area contributed by atoms with Crippen molar-refractivity contribution in [2.45, 2.75) is 19.4 Å². The van der Waals surface area contributed by atoms with E-state index in [1.165, 1.54) is 0 Å². The van der Waals surface area contributed by atoms with Gasteiger partial charge < -0.3 is 9.53 Å². The van der Waals surface area contributed by atoms with Gasteiger partial charge in [0.2, 0.25) is 0 Å². The molecular weight excluding hydrogens is 364 g/mol. The highest BCUT2D eigenvalue weighted by Crippen LogP contribution is 2.34. The molecule has 136 valence electrons. The van der Waals surface area contributed by atoms with Gasteiger partial charge in [0.25, 0.3) is 0 Å². The van der Waals surface area contributed by atoms with E-state index < -0.39 is 6.04 Å². The molecule has 0 aliphatic carbocycles. The van der Waals surface area contributed by atoms with Gasteiger partial charge in [0.15, 0.2) is 5.82 Å². The summed E-state index contributed by atoms with van der Waals surface area (Å²) in [5.41, 5.74) is 3.45. The molecule has 2 heterocycles. The summed E-state index contributed by atoms with van der Waals surface area (Å²) in [5, 5.41) is 9.15. The van der Waals surface area contributed by atoms with Crippen molar-refractivity contribution in [1.82, 2.24) is 14.8 Å². The SMILES string of the molecule is COc1ccc2c(c1)C(c1ccc(Cl)cc1)=NC(CC=O)c1nnc(C)n1-2. The molecule has 2 aromatic carbocycles. The lowest BCUT2D eigenvalue weighted by Gasteiger charge is -2.14. The summed E-state index contributed by atoms with van der Waals surface area (Å²) in [7, 11) is 1.63. The number of hydrogen-bond donors (Lipinski definition) is 0. The van der Waals surface area contributed by atoms with Crippen LogP contribution in [-0.4, -0.2) is 33.9 Å². The summed E-state index contributed by atoms with van der Waals surface area (Å²) in [4.78, 5) is 16.2. The Morgan fingerprint density at radius 1 is 1.19 bits per heavy atom. The Bertz CT molecular complexity index is 1040. The molecule has 0 bridgehead atoms. The van der Waals surface area contributed by atoms with Gasteiger partial charge in [-0.25, -0.2) is 0 Å². The zero-order valence-corrected chi connectivity index (χ0v) is 15.6. The minimum absolute atomic E-state index is 0.223. The molecular formula is C20H17ClN4O2. The second kappa shape index (κ2) is 6.96. The smallest absolute Gasteiger partial charge is 0.162 e. The van der Waals surface area contributed by atoms with Crippen LogP contribution < -0.4 is 4.74 Å². The van der Waals surface area contributed by atoms with Crippen LogP contribution in [0.15, 0.2) is 47.5 Å².